The minimum Gasteiger partial charge on any atom is -0.497 e. The quantitative estimate of drug-likeness (QED) is 0.171. The number of rotatable bonds is 9. The topological polar surface area (TPSA) is 125 Å². The zero-order chi connectivity index (χ0) is 19.5. The predicted molar refractivity (Wildman–Crippen MR) is 96.7 cm³/mol. The third-order valence-corrected chi connectivity index (χ3v) is 3.03. The fourth-order valence-corrected chi connectivity index (χ4v) is 1.84. The van der Waals surface area contributed by atoms with Crippen molar-refractivity contribution in [2.45, 2.75) is 13.8 Å². The van der Waals surface area contributed by atoms with E-state index in [0.717, 1.165) is 0 Å². The van der Waals surface area contributed by atoms with Crippen molar-refractivity contribution in [2.24, 2.45) is 15.9 Å². The normalized spacial score (nSPS) is 12.5. The smallest absolute Gasteiger partial charge is 0.349 e. The molecule has 0 saturated heterocycles. The Morgan fingerprint density at radius 3 is 2.46 bits per heavy atom. The molecule has 1 aromatic rings. The molecule has 0 heterocycles. The molecule has 3 N–H and O–H groups in total. The van der Waals surface area contributed by atoms with Crippen molar-refractivity contribution in [2.75, 3.05) is 27.4 Å². The highest BCUT2D eigenvalue weighted by Crippen LogP contribution is 2.23. The summed E-state index contributed by atoms with van der Waals surface area (Å²) in [5, 5.41) is 17.4. The summed E-state index contributed by atoms with van der Waals surface area (Å²) < 4.78 is 20.1. The molecule has 26 heavy (non-hydrogen) atoms. The molecule has 0 amide bonds. The van der Waals surface area contributed by atoms with Crippen molar-refractivity contribution in [3.63, 3.8) is 0 Å². The molecule has 9 heteroatoms. The standard InChI is InChI=1S/C17H23N3O6/c1-5-25-16(21)14(17(22)26-6-2)15(18)20-19-10-11-7-8-12(23-3)9-13(11)24-4/h7-10,21H,5-6H2,1-4H3,(H2,18,20). The number of aliphatic hydroxyl groups is 1. The zero-order valence-corrected chi connectivity index (χ0v) is 15.2. The third-order valence-electron chi connectivity index (χ3n) is 3.03. The summed E-state index contributed by atoms with van der Waals surface area (Å²) in [6.07, 6.45) is 1.38. The number of hydrogen-bond acceptors (Lipinski definition) is 8. The van der Waals surface area contributed by atoms with E-state index in [1.165, 1.54) is 13.3 Å². The lowest BCUT2D eigenvalue weighted by atomic mass is 10.2. The lowest BCUT2D eigenvalue weighted by molar-refractivity contribution is -0.138. The van der Waals surface area contributed by atoms with Gasteiger partial charge in [-0.15, -0.1) is 5.10 Å². The summed E-state index contributed by atoms with van der Waals surface area (Å²) in [6.45, 7) is 3.49. The number of aliphatic hydroxyl groups excluding tert-OH is 1. The lowest BCUT2D eigenvalue weighted by Gasteiger charge is -2.09. The van der Waals surface area contributed by atoms with Gasteiger partial charge in [0.2, 0.25) is 0 Å². The Kier molecular flexibility index (Phi) is 8.48. The molecule has 0 aromatic heterocycles. The Hall–Kier alpha value is -3.23. The second-order valence-electron chi connectivity index (χ2n) is 4.67. The SMILES string of the molecule is CCOC(=O)C(C(N)=NN=Cc1ccc(OC)cc1OC)=C(O)OCC. The molecule has 0 unspecified atom stereocenters. The molecule has 0 fully saturated rings. The van der Waals surface area contributed by atoms with Gasteiger partial charge in [0.25, 0.3) is 5.95 Å². The van der Waals surface area contributed by atoms with Crippen LogP contribution in [-0.2, 0) is 14.3 Å². The van der Waals surface area contributed by atoms with E-state index in [2.05, 4.69) is 10.2 Å². The van der Waals surface area contributed by atoms with Crippen LogP contribution in [0.3, 0.4) is 0 Å². The van der Waals surface area contributed by atoms with Crippen LogP contribution in [0.15, 0.2) is 39.9 Å². The van der Waals surface area contributed by atoms with Crippen LogP contribution in [0.25, 0.3) is 0 Å². The Balaban J connectivity index is 3.12. The van der Waals surface area contributed by atoms with E-state index in [4.69, 9.17) is 24.7 Å². The number of nitrogens with zero attached hydrogens (tertiary/aromatic N) is 2. The number of carbonyl (C=O) groups is 1. The van der Waals surface area contributed by atoms with E-state index in [1.54, 1.807) is 39.2 Å². The molecule has 0 spiro atoms. The highest BCUT2D eigenvalue weighted by Gasteiger charge is 2.22. The highest BCUT2D eigenvalue weighted by molar-refractivity contribution is 6.18. The van der Waals surface area contributed by atoms with Gasteiger partial charge in [-0.1, -0.05) is 0 Å². The van der Waals surface area contributed by atoms with E-state index < -0.39 is 17.5 Å². The van der Waals surface area contributed by atoms with Gasteiger partial charge in [0.05, 0.1) is 33.6 Å². The Morgan fingerprint density at radius 2 is 1.88 bits per heavy atom. The van der Waals surface area contributed by atoms with Crippen molar-refractivity contribution in [1.82, 2.24) is 0 Å². The number of benzene rings is 1. The van der Waals surface area contributed by atoms with Gasteiger partial charge in [0, 0.05) is 11.6 Å². The van der Waals surface area contributed by atoms with Crippen molar-refractivity contribution < 1.29 is 28.8 Å². The molecule has 142 valence electrons. The number of ether oxygens (including phenoxy) is 4. The van der Waals surface area contributed by atoms with Gasteiger partial charge in [-0.05, 0) is 26.0 Å². The monoisotopic (exact) mass is 365 g/mol. The maximum atomic E-state index is 11.9. The first-order valence-corrected chi connectivity index (χ1v) is 7.80. The summed E-state index contributed by atoms with van der Waals surface area (Å²) in [5.74, 6) is -0.754. The van der Waals surface area contributed by atoms with Crippen LogP contribution in [-0.4, -0.2) is 50.6 Å². The fraction of sp³-hybridized carbons (Fsp3) is 0.353. The maximum absolute atomic E-state index is 11.9. The summed E-state index contributed by atoms with van der Waals surface area (Å²) in [7, 11) is 3.05. The van der Waals surface area contributed by atoms with Crippen molar-refractivity contribution in [3.05, 3.63) is 35.3 Å². The number of methoxy groups -OCH3 is 2. The zero-order valence-electron chi connectivity index (χ0n) is 15.2. The van der Waals surface area contributed by atoms with E-state index >= 15 is 0 Å². The van der Waals surface area contributed by atoms with Gasteiger partial charge >= 0.3 is 5.97 Å². The molecule has 0 aliphatic carbocycles. The number of esters is 1. The summed E-state index contributed by atoms with van der Waals surface area (Å²) in [4.78, 5) is 11.9. The molecule has 9 nitrogen and oxygen atoms in total. The van der Waals surface area contributed by atoms with Gasteiger partial charge in [-0.2, -0.15) is 5.10 Å². The van der Waals surface area contributed by atoms with Gasteiger partial charge < -0.3 is 29.8 Å². The van der Waals surface area contributed by atoms with Crippen LogP contribution < -0.4 is 15.2 Å². The molecule has 1 rings (SSSR count). The van der Waals surface area contributed by atoms with Gasteiger partial charge in [-0.3, -0.25) is 0 Å². The largest absolute Gasteiger partial charge is 0.497 e. The van der Waals surface area contributed by atoms with E-state index in [-0.39, 0.29) is 19.0 Å². The van der Waals surface area contributed by atoms with Crippen LogP contribution in [0, 0.1) is 0 Å². The van der Waals surface area contributed by atoms with Crippen molar-refractivity contribution in [3.8, 4) is 11.5 Å². The minimum atomic E-state index is -0.864. The molecule has 0 aliphatic rings. The van der Waals surface area contributed by atoms with E-state index in [1.807, 2.05) is 0 Å². The van der Waals surface area contributed by atoms with Crippen molar-refractivity contribution >= 4 is 18.0 Å². The lowest BCUT2D eigenvalue weighted by Crippen LogP contribution is -2.25. The van der Waals surface area contributed by atoms with Crippen molar-refractivity contribution in [1.29, 1.82) is 0 Å². The molecule has 0 bridgehead atoms. The van der Waals surface area contributed by atoms with Crippen LogP contribution in [0.2, 0.25) is 0 Å². The Morgan fingerprint density at radius 1 is 1.19 bits per heavy atom. The van der Waals surface area contributed by atoms with Gasteiger partial charge in [-0.25, -0.2) is 4.79 Å². The average Bonchev–Trinajstić information content (AvgIpc) is 2.62. The summed E-state index contributed by atoms with van der Waals surface area (Å²) >= 11 is 0. The van der Waals surface area contributed by atoms with Crippen LogP contribution in [0.5, 0.6) is 11.5 Å². The third kappa shape index (κ3) is 5.69. The number of nitrogens with two attached hydrogens (primary N) is 1. The van der Waals surface area contributed by atoms with Crippen LogP contribution >= 0.6 is 0 Å². The molecule has 0 aliphatic heterocycles. The first-order chi connectivity index (χ1) is 12.5. The molecule has 0 atom stereocenters. The molecular formula is C17H23N3O6. The predicted octanol–water partition coefficient (Wildman–Crippen LogP) is 1.76. The average molecular weight is 365 g/mol. The maximum Gasteiger partial charge on any atom is 0.349 e. The second kappa shape index (κ2) is 10.6. The Bertz CT molecular complexity index is 712. The second-order valence-corrected chi connectivity index (χ2v) is 4.67. The Labute approximate surface area is 151 Å². The van der Waals surface area contributed by atoms with E-state index in [0.29, 0.717) is 17.1 Å². The van der Waals surface area contributed by atoms with Crippen LogP contribution in [0.1, 0.15) is 19.4 Å². The van der Waals surface area contributed by atoms with Crippen LogP contribution in [0.4, 0.5) is 0 Å². The number of carbonyl (C=O) groups excluding carboxylic acids is 1. The first-order valence-electron chi connectivity index (χ1n) is 7.80. The summed E-state index contributed by atoms with van der Waals surface area (Å²) in [5.41, 5.74) is 5.96. The van der Waals surface area contributed by atoms with Gasteiger partial charge in [0.15, 0.2) is 11.4 Å². The fourth-order valence-electron chi connectivity index (χ4n) is 1.84. The molecule has 0 radical (unpaired) electrons. The summed E-state index contributed by atoms with van der Waals surface area (Å²) in [6, 6.07) is 5.12. The molecule has 0 saturated carbocycles. The van der Waals surface area contributed by atoms with E-state index in [9.17, 15) is 9.90 Å². The molecule has 1 aromatic carbocycles. The first kappa shape index (κ1) is 20.8. The number of hydrogen-bond donors (Lipinski definition) is 2. The van der Waals surface area contributed by atoms with Gasteiger partial charge in [0.1, 0.15) is 11.5 Å². The number of amidine groups is 1. The highest BCUT2D eigenvalue weighted by atomic mass is 16.6. The minimum absolute atomic E-state index is 0.0985. The molecular weight excluding hydrogens is 342 g/mol.